The number of hydrogen-bond acceptors (Lipinski definition) is 8. The molecule has 4 atom stereocenters. The van der Waals surface area contributed by atoms with Crippen LogP contribution in [0, 0.1) is 0 Å². The van der Waals surface area contributed by atoms with E-state index in [1.54, 1.807) is 16.8 Å². The number of rotatable bonds is 9. The first kappa shape index (κ1) is 28.6. The molecule has 0 aliphatic carbocycles. The number of nitrogens with zero attached hydrogens (tertiary/aromatic N) is 5. The van der Waals surface area contributed by atoms with Crippen LogP contribution in [-0.2, 0) is 17.3 Å². The predicted molar refractivity (Wildman–Crippen MR) is 144 cm³/mol. The number of aliphatic hydroxyl groups excluding tert-OH is 2. The second-order valence-corrected chi connectivity index (χ2v) is 10.8. The Morgan fingerprint density at radius 3 is 2.70 bits per heavy atom. The number of H-pyrrole nitrogens is 1. The monoisotopic (exact) mass is 581 g/mol. The average molecular weight is 582 g/mol. The zero-order valence-electron chi connectivity index (χ0n) is 21.9. The van der Waals surface area contributed by atoms with Gasteiger partial charge in [0.1, 0.15) is 29.7 Å². The van der Waals surface area contributed by atoms with Crippen molar-refractivity contribution in [2.24, 2.45) is 0 Å². The molecule has 0 spiro atoms. The Morgan fingerprint density at radius 1 is 1.20 bits per heavy atom. The smallest absolute Gasteiger partial charge is 0.397 e. The first-order valence-electron chi connectivity index (χ1n) is 13.0. The van der Waals surface area contributed by atoms with Gasteiger partial charge in [0.05, 0.1) is 33.6 Å². The second-order valence-electron chi connectivity index (χ2n) is 10.3. The van der Waals surface area contributed by atoms with Gasteiger partial charge < -0.3 is 25.7 Å². The highest BCUT2D eigenvalue weighted by molar-refractivity contribution is 6.35. The molecule has 14 heteroatoms. The van der Waals surface area contributed by atoms with E-state index >= 15 is 0 Å². The molecule has 0 radical (unpaired) electrons. The number of nitrogens with two attached hydrogens (primary N) is 1. The number of pyridine rings is 1. The van der Waals surface area contributed by atoms with E-state index in [-0.39, 0.29) is 16.6 Å². The van der Waals surface area contributed by atoms with Crippen molar-refractivity contribution in [2.75, 3.05) is 18.8 Å². The zero-order valence-corrected chi connectivity index (χ0v) is 22.7. The van der Waals surface area contributed by atoms with Crippen LogP contribution in [0.4, 0.5) is 18.9 Å². The van der Waals surface area contributed by atoms with E-state index in [1.807, 2.05) is 13.8 Å². The van der Waals surface area contributed by atoms with Gasteiger partial charge in [-0.3, -0.25) is 9.47 Å². The summed E-state index contributed by atoms with van der Waals surface area (Å²) in [4.78, 5) is 18.1. The molecule has 4 heterocycles. The number of aromatic amines is 1. The maximum Gasteiger partial charge on any atom is 0.416 e. The SMILES string of the molecule is CC(C)N(CCCCc1nc2cc(C(F)(F)F)cc(Cl)c2[nH]1)C[C@H]1O[C@@H](n2cnc3c(N)ccnc32)[C@H](O)[C@@H]1O. The molecule has 216 valence electrons. The number of nitrogens with one attached hydrogen (secondary N) is 1. The standard InChI is InChI=1S/C26H31ClF3N7O3/c1-13(2)36(8-4-3-5-19-34-17-10-14(26(28,29)30)9-15(27)20(17)35-19)11-18-22(38)23(39)25(40-18)37-12-33-21-16(31)6-7-32-24(21)37/h6-7,9-10,12-13,18,22-23,25,38-39H,3-5,8,11H2,1-2H3,(H2,31,32)(H,34,35)/t18-,22-,23-,25-/m1/s1. The molecule has 0 unspecified atom stereocenters. The van der Waals surface area contributed by atoms with Crippen LogP contribution in [0.3, 0.4) is 0 Å². The van der Waals surface area contributed by atoms with Crippen LogP contribution in [0.15, 0.2) is 30.7 Å². The summed E-state index contributed by atoms with van der Waals surface area (Å²) in [5.74, 6) is 0.564. The summed E-state index contributed by atoms with van der Waals surface area (Å²) in [6.07, 6.45) is -3.26. The van der Waals surface area contributed by atoms with E-state index in [0.717, 1.165) is 25.0 Å². The minimum Gasteiger partial charge on any atom is -0.397 e. The maximum absolute atomic E-state index is 13.1. The molecule has 4 aromatic rings. The fourth-order valence-corrected chi connectivity index (χ4v) is 5.31. The molecule has 1 aromatic carbocycles. The van der Waals surface area contributed by atoms with Crippen molar-refractivity contribution in [2.45, 2.75) is 69.9 Å². The number of alkyl halides is 3. The molecule has 1 fully saturated rings. The van der Waals surface area contributed by atoms with Gasteiger partial charge in [0.2, 0.25) is 0 Å². The molecule has 3 aromatic heterocycles. The molecule has 0 bridgehead atoms. The van der Waals surface area contributed by atoms with Gasteiger partial charge in [-0.05, 0) is 51.4 Å². The van der Waals surface area contributed by atoms with Gasteiger partial charge in [-0.2, -0.15) is 13.2 Å². The number of aryl methyl sites for hydroxylation is 1. The summed E-state index contributed by atoms with van der Waals surface area (Å²) in [5.41, 5.74) is 7.11. The van der Waals surface area contributed by atoms with Crippen molar-refractivity contribution in [3.8, 4) is 0 Å². The summed E-state index contributed by atoms with van der Waals surface area (Å²) in [7, 11) is 0. The van der Waals surface area contributed by atoms with E-state index in [9.17, 15) is 23.4 Å². The Hall–Kier alpha value is -2.97. The average Bonchev–Trinajstić information content (AvgIpc) is 3.58. The topological polar surface area (TPSA) is 138 Å². The lowest BCUT2D eigenvalue weighted by Crippen LogP contribution is -2.43. The first-order chi connectivity index (χ1) is 18.9. The van der Waals surface area contributed by atoms with Crippen LogP contribution in [0.1, 0.15) is 44.3 Å². The molecule has 1 aliphatic heterocycles. The van der Waals surface area contributed by atoms with Crippen molar-refractivity contribution >= 4 is 39.5 Å². The van der Waals surface area contributed by atoms with Crippen LogP contribution >= 0.6 is 11.6 Å². The van der Waals surface area contributed by atoms with Gasteiger partial charge in [0.25, 0.3) is 0 Å². The van der Waals surface area contributed by atoms with Crippen molar-refractivity contribution < 1.29 is 28.1 Å². The fourth-order valence-electron chi connectivity index (χ4n) is 5.05. The first-order valence-corrected chi connectivity index (χ1v) is 13.4. The number of anilines is 1. The summed E-state index contributed by atoms with van der Waals surface area (Å²) in [6.45, 7) is 5.13. The lowest BCUT2D eigenvalue weighted by Gasteiger charge is -2.30. The Kier molecular flexibility index (Phi) is 7.94. The van der Waals surface area contributed by atoms with Crippen LogP contribution in [0.5, 0.6) is 0 Å². The van der Waals surface area contributed by atoms with Gasteiger partial charge in [-0.25, -0.2) is 15.0 Å². The fraction of sp³-hybridized carbons (Fsp3) is 0.500. The van der Waals surface area contributed by atoms with E-state index in [1.165, 1.54) is 6.33 Å². The van der Waals surface area contributed by atoms with Crippen molar-refractivity contribution in [1.82, 2.24) is 29.4 Å². The highest BCUT2D eigenvalue weighted by Crippen LogP contribution is 2.35. The van der Waals surface area contributed by atoms with Crippen LogP contribution < -0.4 is 5.73 Å². The lowest BCUT2D eigenvalue weighted by atomic mass is 10.1. The quantitative estimate of drug-likeness (QED) is 0.218. The Labute approximate surface area is 232 Å². The summed E-state index contributed by atoms with van der Waals surface area (Å²) in [6, 6.07) is 3.66. The van der Waals surface area contributed by atoms with E-state index in [4.69, 9.17) is 22.1 Å². The molecule has 0 amide bonds. The molecule has 1 saturated heterocycles. The number of halogens is 4. The number of benzene rings is 1. The third-order valence-electron chi connectivity index (χ3n) is 7.28. The molecule has 10 nitrogen and oxygen atoms in total. The summed E-state index contributed by atoms with van der Waals surface area (Å²) in [5, 5.41) is 21.5. The number of ether oxygens (including phenoxy) is 1. The molecular formula is C26H31ClF3N7O3. The number of hydrogen-bond donors (Lipinski definition) is 4. The molecular weight excluding hydrogens is 551 g/mol. The summed E-state index contributed by atoms with van der Waals surface area (Å²) >= 11 is 6.06. The van der Waals surface area contributed by atoms with Gasteiger partial charge in [0, 0.05) is 25.2 Å². The van der Waals surface area contributed by atoms with E-state index in [2.05, 4.69) is 24.8 Å². The van der Waals surface area contributed by atoms with Gasteiger partial charge >= 0.3 is 6.18 Å². The number of aromatic nitrogens is 5. The van der Waals surface area contributed by atoms with E-state index < -0.39 is 36.3 Å². The highest BCUT2D eigenvalue weighted by Gasteiger charge is 2.45. The second kappa shape index (κ2) is 11.1. The Morgan fingerprint density at radius 2 is 1.98 bits per heavy atom. The van der Waals surface area contributed by atoms with Crippen LogP contribution in [-0.4, -0.2) is 77.1 Å². The van der Waals surface area contributed by atoms with Crippen molar-refractivity contribution in [3.05, 3.63) is 47.1 Å². The Bertz CT molecular complexity index is 1490. The number of fused-ring (bicyclic) bond motifs is 2. The normalized spacial score (nSPS) is 21.9. The van der Waals surface area contributed by atoms with Crippen molar-refractivity contribution in [1.29, 1.82) is 0 Å². The number of imidazole rings is 2. The molecule has 0 saturated carbocycles. The third-order valence-corrected chi connectivity index (χ3v) is 7.58. The number of aliphatic hydroxyl groups is 2. The zero-order chi connectivity index (χ0) is 28.8. The van der Waals surface area contributed by atoms with Gasteiger partial charge in [-0.1, -0.05) is 11.6 Å². The summed E-state index contributed by atoms with van der Waals surface area (Å²) < 4.78 is 47.0. The molecule has 5 rings (SSSR count). The number of unbranched alkanes of at least 4 members (excludes halogenated alkanes) is 1. The molecule has 40 heavy (non-hydrogen) atoms. The minimum atomic E-state index is -4.50. The highest BCUT2D eigenvalue weighted by atomic mass is 35.5. The number of nitrogen functional groups attached to an aromatic ring is 1. The van der Waals surface area contributed by atoms with Gasteiger partial charge in [0.15, 0.2) is 11.9 Å². The third kappa shape index (κ3) is 5.61. The van der Waals surface area contributed by atoms with E-state index in [0.29, 0.717) is 47.7 Å². The van der Waals surface area contributed by atoms with Gasteiger partial charge in [-0.15, -0.1) is 0 Å². The maximum atomic E-state index is 13.1. The molecule has 1 aliphatic rings. The van der Waals surface area contributed by atoms with Crippen LogP contribution in [0.2, 0.25) is 5.02 Å². The molecule has 5 N–H and O–H groups in total. The predicted octanol–water partition coefficient (Wildman–Crippen LogP) is 3.91. The van der Waals surface area contributed by atoms with Crippen LogP contribution in [0.25, 0.3) is 22.2 Å². The minimum absolute atomic E-state index is 0.0203. The largest absolute Gasteiger partial charge is 0.416 e. The van der Waals surface area contributed by atoms with Crippen molar-refractivity contribution in [3.63, 3.8) is 0 Å². The lowest BCUT2D eigenvalue weighted by molar-refractivity contribution is -0.137. The Balaban J connectivity index is 1.19.